The number of para-hydroxylation sites is 1. The largest absolute Gasteiger partial charge is 0.465 e. The molecule has 0 radical (unpaired) electrons. The molecule has 0 saturated heterocycles. The van der Waals surface area contributed by atoms with E-state index in [2.05, 4.69) is 28.7 Å². The SMILES string of the molecule is COC(=O)c1ccc(/C=N\NC(=O)c2cc(-c3cc(C)ccc3C)nc3ccccc23)cc1. The Morgan fingerprint density at radius 1 is 0.970 bits per heavy atom. The molecule has 1 amide bonds. The van der Waals surface area contributed by atoms with Crippen LogP contribution in [0.3, 0.4) is 0 Å². The van der Waals surface area contributed by atoms with Crippen LogP contribution in [-0.2, 0) is 4.74 Å². The summed E-state index contributed by atoms with van der Waals surface area (Å²) in [6.45, 7) is 4.06. The lowest BCUT2D eigenvalue weighted by atomic mass is 9.99. The number of fused-ring (bicyclic) bond motifs is 1. The Morgan fingerprint density at radius 3 is 2.48 bits per heavy atom. The van der Waals surface area contributed by atoms with E-state index in [4.69, 9.17) is 9.72 Å². The van der Waals surface area contributed by atoms with Gasteiger partial charge in [0.1, 0.15) is 0 Å². The van der Waals surface area contributed by atoms with Gasteiger partial charge in [0.05, 0.1) is 35.7 Å². The van der Waals surface area contributed by atoms with Gasteiger partial charge in [-0.05, 0) is 55.3 Å². The van der Waals surface area contributed by atoms with E-state index in [0.717, 1.165) is 38.9 Å². The lowest BCUT2D eigenvalue weighted by Gasteiger charge is -2.11. The number of carbonyl (C=O) groups excluding carboxylic acids is 2. The van der Waals surface area contributed by atoms with E-state index in [-0.39, 0.29) is 5.91 Å². The molecule has 0 aliphatic rings. The number of hydrogen-bond acceptors (Lipinski definition) is 5. The summed E-state index contributed by atoms with van der Waals surface area (Å²) >= 11 is 0. The summed E-state index contributed by atoms with van der Waals surface area (Å²) in [6, 6.07) is 22.3. The van der Waals surface area contributed by atoms with Crippen molar-refractivity contribution in [3.05, 3.63) is 101 Å². The lowest BCUT2D eigenvalue weighted by molar-refractivity contribution is 0.0600. The summed E-state index contributed by atoms with van der Waals surface area (Å²) in [7, 11) is 1.34. The summed E-state index contributed by atoms with van der Waals surface area (Å²) in [4.78, 5) is 29.4. The molecule has 33 heavy (non-hydrogen) atoms. The van der Waals surface area contributed by atoms with Gasteiger partial charge in [-0.1, -0.05) is 48.0 Å². The maximum atomic E-state index is 13.1. The summed E-state index contributed by atoms with van der Waals surface area (Å²) in [5, 5.41) is 4.84. The molecular formula is C27H23N3O3. The van der Waals surface area contributed by atoms with Gasteiger partial charge < -0.3 is 4.74 Å². The predicted octanol–water partition coefficient (Wildman–Crippen LogP) is 5.07. The standard InChI is InChI=1S/C27H23N3O3/c1-17-8-9-18(2)22(14-17)25-15-23(21-6-4-5-7-24(21)29-25)26(31)30-28-16-19-10-12-20(13-11-19)27(32)33-3/h4-16H,1-3H3,(H,30,31)/b28-16-. The molecule has 1 N–H and O–H groups in total. The molecule has 0 aliphatic heterocycles. The van der Waals surface area contributed by atoms with E-state index in [1.165, 1.54) is 13.3 Å². The van der Waals surface area contributed by atoms with E-state index >= 15 is 0 Å². The zero-order chi connectivity index (χ0) is 23.4. The molecule has 1 aromatic heterocycles. The number of nitrogens with zero attached hydrogens (tertiary/aromatic N) is 2. The first kappa shape index (κ1) is 21.9. The van der Waals surface area contributed by atoms with Gasteiger partial charge in [0.2, 0.25) is 0 Å². The summed E-state index contributed by atoms with van der Waals surface area (Å²) in [6.07, 6.45) is 1.52. The number of methoxy groups -OCH3 is 1. The molecule has 0 saturated carbocycles. The third-order valence-corrected chi connectivity index (χ3v) is 5.34. The predicted molar refractivity (Wildman–Crippen MR) is 129 cm³/mol. The first-order valence-corrected chi connectivity index (χ1v) is 10.5. The Hall–Kier alpha value is -4.32. The molecule has 0 spiro atoms. The molecule has 0 aliphatic carbocycles. The number of esters is 1. The Morgan fingerprint density at radius 2 is 1.73 bits per heavy atom. The van der Waals surface area contributed by atoms with Crippen LogP contribution in [0.5, 0.6) is 0 Å². The fraction of sp³-hybridized carbons (Fsp3) is 0.111. The summed E-state index contributed by atoms with van der Waals surface area (Å²) in [5.41, 5.74) is 8.96. The van der Waals surface area contributed by atoms with Crippen molar-refractivity contribution in [1.29, 1.82) is 0 Å². The second-order valence-electron chi connectivity index (χ2n) is 7.70. The number of amides is 1. The van der Waals surface area contributed by atoms with Crippen LogP contribution in [0.25, 0.3) is 22.2 Å². The monoisotopic (exact) mass is 437 g/mol. The zero-order valence-electron chi connectivity index (χ0n) is 18.6. The fourth-order valence-corrected chi connectivity index (χ4v) is 3.56. The van der Waals surface area contributed by atoms with Crippen LogP contribution >= 0.6 is 0 Å². The highest BCUT2D eigenvalue weighted by Crippen LogP contribution is 2.28. The van der Waals surface area contributed by atoms with Crippen molar-refractivity contribution in [2.24, 2.45) is 5.10 Å². The van der Waals surface area contributed by atoms with Crippen LogP contribution in [0.4, 0.5) is 0 Å². The van der Waals surface area contributed by atoms with Crippen LogP contribution in [0.1, 0.15) is 37.4 Å². The molecule has 4 aromatic rings. The molecule has 164 valence electrons. The highest BCUT2D eigenvalue weighted by Gasteiger charge is 2.14. The van der Waals surface area contributed by atoms with Crippen molar-refractivity contribution in [3.63, 3.8) is 0 Å². The van der Waals surface area contributed by atoms with Crippen molar-refractivity contribution in [2.45, 2.75) is 13.8 Å². The molecule has 4 rings (SSSR count). The number of carbonyl (C=O) groups is 2. The van der Waals surface area contributed by atoms with Gasteiger partial charge in [-0.2, -0.15) is 5.10 Å². The first-order chi connectivity index (χ1) is 16.0. The highest BCUT2D eigenvalue weighted by atomic mass is 16.5. The maximum Gasteiger partial charge on any atom is 0.337 e. The molecule has 0 bridgehead atoms. The minimum absolute atomic E-state index is 0.331. The summed E-state index contributed by atoms with van der Waals surface area (Å²) < 4.78 is 4.69. The minimum Gasteiger partial charge on any atom is -0.465 e. The molecule has 3 aromatic carbocycles. The second kappa shape index (κ2) is 9.44. The van der Waals surface area contributed by atoms with Crippen molar-refractivity contribution >= 4 is 29.0 Å². The molecule has 0 fully saturated rings. The number of nitrogens with one attached hydrogen (secondary N) is 1. The topological polar surface area (TPSA) is 80.6 Å². The van der Waals surface area contributed by atoms with Crippen LogP contribution in [-0.4, -0.2) is 30.2 Å². The molecule has 6 heteroatoms. The number of aromatic nitrogens is 1. The van der Waals surface area contributed by atoms with Crippen LogP contribution in [0, 0.1) is 13.8 Å². The van der Waals surface area contributed by atoms with E-state index in [1.54, 1.807) is 30.3 Å². The van der Waals surface area contributed by atoms with Crippen LogP contribution in [0.2, 0.25) is 0 Å². The molecular weight excluding hydrogens is 414 g/mol. The van der Waals surface area contributed by atoms with E-state index in [9.17, 15) is 9.59 Å². The minimum atomic E-state index is -0.406. The Bertz CT molecular complexity index is 1380. The number of aryl methyl sites for hydroxylation is 2. The average Bonchev–Trinajstić information content (AvgIpc) is 2.84. The van der Waals surface area contributed by atoms with Gasteiger partial charge in [0, 0.05) is 10.9 Å². The van der Waals surface area contributed by atoms with Crippen molar-refractivity contribution in [3.8, 4) is 11.3 Å². The number of rotatable bonds is 5. The van der Waals surface area contributed by atoms with Crippen molar-refractivity contribution < 1.29 is 14.3 Å². The van der Waals surface area contributed by atoms with E-state index < -0.39 is 5.97 Å². The number of benzene rings is 3. The van der Waals surface area contributed by atoms with Gasteiger partial charge in [0.15, 0.2) is 0 Å². The lowest BCUT2D eigenvalue weighted by Crippen LogP contribution is -2.18. The third-order valence-electron chi connectivity index (χ3n) is 5.34. The average molecular weight is 437 g/mol. The summed E-state index contributed by atoms with van der Waals surface area (Å²) in [5.74, 6) is -0.737. The molecule has 6 nitrogen and oxygen atoms in total. The van der Waals surface area contributed by atoms with Crippen molar-refractivity contribution in [1.82, 2.24) is 10.4 Å². The number of pyridine rings is 1. The fourth-order valence-electron chi connectivity index (χ4n) is 3.56. The normalized spacial score (nSPS) is 11.0. The van der Waals surface area contributed by atoms with Gasteiger partial charge in [-0.15, -0.1) is 0 Å². The highest BCUT2D eigenvalue weighted by molar-refractivity contribution is 6.07. The van der Waals surface area contributed by atoms with E-state index in [0.29, 0.717) is 11.1 Å². The van der Waals surface area contributed by atoms with Gasteiger partial charge >= 0.3 is 5.97 Å². The zero-order valence-corrected chi connectivity index (χ0v) is 18.6. The third kappa shape index (κ3) is 4.80. The molecule has 0 unspecified atom stereocenters. The number of hydrogen-bond donors (Lipinski definition) is 1. The van der Waals surface area contributed by atoms with Crippen LogP contribution in [0.15, 0.2) is 77.9 Å². The quantitative estimate of drug-likeness (QED) is 0.269. The smallest absolute Gasteiger partial charge is 0.337 e. The van der Waals surface area contributed by atoms with Crippen molar-refractivity contribution in [2.75, 3.05) is 7.11 Å². The van der Waals surface area contributed by atoms with E-state index in [1.807, 2.05) is 38.1 Å². The maximum absolute atomic E-state index is 13.1. The van der Waals surface area contributed by atoms with Gasteiger partial charge in [-0.3, -0.25) is 4.79 Å². The number of hydrazone groups is 1. The Balaban J connectivity index is 1.63. The van der Waals surface area contributed by atoms with Crippen LogP contribution < -0.4 is 5.43 Å². The first-order valence-electron chi connectivity index (χ1n) is 10.5. The number of ether oxygens (including phenoxy) is 1. The van der Waals surface area contributed by atoms with Gasteiger partial charge in [-0.25, -0.2) is 15.2 Å². The Kier molecular flexibility index (Phi) is 6.26. The Labute approximate surface area is 191 Å². The molecule has 0 atom stereocenters. The second-order valence-corrected chi connectivity index (χ2v) is 7.70. The molecule has 1 heterocycles. The van der Waals surface area contributed by atoms with Gasteiger partial charge in [0.25, 0.3) is 5.91 Å².